The van der Waals surface area contributed by atoms with Gasteiger partial charge in [0.2, 0.25) is 0 Å². The number of hydrogen-bond acceptors (Lipinski definition) is 0. The van der Waals surface area contributed by atoms with Crippen molar-refractivity contribution in [2.24, 2.45) is 0 Å². The fraction of sp³-hybridized carbons (Fsp3) is 0.130. The fourth-order valence-electron chi connectivity index (χ4n) is 3.48. The van der Waals surface area contributed by atoms with Crippen molar-refractivity contribution >= 4 is 11.6 Å². The molecule has 23 heavy (non-hydrogen) atoms. The van der Waals surface area contributed by atoms with Gasteiger partial charge in [0.25, 0.3) is 0 Å². The van der Waals surface area contributed by atoms with Gasteiger partial charge >= 0.3 is 0 Å². The van der Waals surface area contributed by atoms with Crippen molar-refractivity contribution in [3.63, 3.8) is 0 Å². The molecule has 0 heteroatoms. The topological polar surface area (TPSA) is 0 Å². The molecule has 0 radical (unpaired) electrons. The number of benzene rings is 3. The third-order valence-corrected chi connectivity index (χ3v) is 4.94. The SMILES string of the molecule is Cc1cccc(-c2cccc3c2C=C(c2ccccc2)C3)c1C. The second-order valence-electron chi connectivity index (χ2n) is 6.34. The summed E-state index contributed by atoms with van der Waals surface area (Å²) in [6.45, 7) is 4.41. The lowest BCUT2D eigenvalue weighted by Crippen LogP contribution is -1.91. The van der Waals surface area contributed by atoms with E-state index in [0.717, 1.165) is 6.42 Å². The number of fused-ring (bicyclic) bond motifs is 1. The molecule has 0 aliphatic heterocycles. The lowest BCUT2D eigenvalue weighted by molar-refractivity contribution is 1.30. The van der Waals surface area contributed by atoms with Gasteiger partial charge in [-0.05, 0) is 70.9 Å². The zero-order chi connectivity index (χ0) is 15.8. The van der Waals surface area contributed by atoms with Crippen LogP contribution in [0.15, 0.2) is 66.7 Å². The minimum absolute atomic E-state index is 1.03. The van der Waals surface area contributed by atoms with Crippen molar-refractivity contribution in [2.75, 3.05) is 0 Å². The van der Waals surface area contributed by atoms with Gasteiger partial charge in [0.05, 0.1) is 0 Å². The van der Waals surface area contributed by atoms with Gasteiger partial charge in [-0.3, -0.25) is 0 Å². The molecule has 0 spiro atoms. The van der Waals surface area contributed by atoms with E-state index in [4.69, 9.17) is 0 Å². The van der Waals surface area contributed by atoms with Crippen molar-refractivity contribution in [3.05, 3.63) is 94.5 Å². The molecule has 0 fully saturated rings. The van der Waals surface area contributed by atoms with Gasteiger partial charge in [0.1, 0.15) is 0 Å². The summed E-state index contributed by atoms with van der Waals surface area (Å²) in [5.74, 6) is 0. The second-order valence-corrected chi connectivity index (χ2v) is 6.34. The molecule has 0 saturated heterocycles. The molecular weight excluding hydrogens is 276 g/mol. The molecule has 0 aromatic heterocycles. The van der Waals surface area contributed by atoms with Gasteiger partial charge in [-0.1, -0.05) is 66.7 Å². The van der Waals surface area contributed by atoms with Gasteiger partial charge in [-0.15, -0.1) is 0 Å². The van der Waals surface area contributed by atoms with Crippen molar-refractivity contribution in [2.45, 2.75) is 20.3 Å². The number of hydrogen-bond donors (Lipinski definition) is 0. The highest BCUT2D eigenvalue weighted by Crippen LogP contribution is 2.38. The summed E-state index contributed by atoms with van der Waals surface area (Å²) in [4.78, 5) is 0. The Balaban J connectivity index is 1.86. The Morgan fingerprint density at radius 1 is 0.696 bits per heavy atom. The van der Waals surface area contributed by atoms with Crippen LogP contribution in [0.25, 0.3) is 22.8 Å². The quantitative estimate of drug-likeness (QED) is 0.538. The Kier molecular flexibility index (Phi) is 3.38. The Morgan fingerprint density at radius 2 is 1.43 bits per heavy atom. The zero-order valence-corrected chi connectivity index (χ0v) is 13.6. The van der Waals surface area contributed by atoms with Gasteiger partial charge in [-0.25, -0.2) is 0 Å². The van der Waals surface area contributed by atoms with Crippen molar-refractivity contribution in [1.29, 1.82) is 0 Å². The van der Waals surface area contributed by atoms with E-state index in [2.05, 4.69) is 86.7 Å². The summed E-state index contributed by atoms with van der Waals surface area (Å²) in [6.07, 6.45) is 3.40. The van der Waals surface area contributed by atoms with Gasteiger partial charge in [0, 0.05) is 0 Å². The van der Waals surface area contributed by atoms with Gasteiger partial charge in [0.15, 0.2) is 0 Å². The van der Waals surface area contributed by atoms with Crippen LogP contribution in [0.1, 0.15) is 27.8 Å². The van der Waals surface area contributed by atoms with Crippen LogP contribution >= 0.6 is 0 Å². The summed E-state index contributed by atoms with van der Waals surface area (Å²) in [6, 6.07) is 24.0. The zero-order valence-electron chi connectivity index (χ0n) is 13.6. The molecule has 0 N–H and O–H groups in total. The van der Waals surface area contributed by atoms with Crippen LogP contribution in [0.2, 0.25) is 0 Å². The van der Waals surface area contributed by atoms with Crippen LogP contribution in [0.3, 0.4) is 0 Å². The summed E-state index contributed by atoms with van der Waals surface area (Å²) in [5, 5.41) is 0. The van der Waals surface area contributed by atoms with Gasteiger partial charge < -0.3 is 0 Å². The summed E-state index contributed by atoms with van der Waals surface area (Å²) in [5.41, 5.74) is 11.0. The van der Waals surface area contributed by atoms with Crippen LogP contribution in [0.5, 0.6) is 0 Å². The van der Waals surface area contributed by atoms with Crippen LogP contribution < -0.4 is 0 Å². The normalized spacial score (nSPS) is 12.9. The molecule has 0 amide bonds. The molecule has 0 bridgehead atoms. The highest BCUT2D eigenvalue weighted by molar-refractivity contribution is 5.94. The fourth-order valence-corrected chi connectivity index (χ4v) is 3.48. The first-order valence-electron chi connectivity index (χ1n) is 8.18. The van der Waals surface area contributed by atoms with E-state index in [9.17, 15) is 0 Å². The van der Waals surface area contributed by atoms with Crippen LogP contribution in [-0.2, 0) is 6.42 Å². The van der Waals surface area contributed by atoms with E-state index in [1.807, 2.05) is 0 Å². The third-order valence-electron chi connectivity index (χ3n) is 4.94. The predicted molar refractivity (Wildman–Crippen MR) is 99.4 cm³/mol. The van der Waals surface area contributed by atoms with E-state index in [0.29, 0.717) is 0 Å². The summed E-state index contributed by atoms with van der Waals surface area (Å²) in [7, 11) is 0. The average Bonchev–Trinajstić information content (AvgIpc) is 3.02. The Hall–Kier alpha value is -2.60. The Morgan fingerprint density at radius 3 is 2.26 bits per heavy atom. The van der Waals surface area contributed by atoms with Crippen molar-refractivity contribution in [3.8, 4) is 11.1 Å². The largest absolute Gasteiger partial charge is 0.0622 e. The number of rotatable bonds is 2. The summed E-state index contributed by atoms with van der Waals surface area (Å²) < 4.78 is 0. The highest BCUT2D eigenvalue weighted by atomic mass is 14.2. The Labute approximate surface area is 138 Å². The van der Waals surface area contributed by atoms with E-state index >= 15 is 0 Å². The molecule has 0 saturated carbocycles. The second kappa shape index (κ2) is 5.55. The first-order chi connectivity index (χ1) is 11.2. The monoisotopic (exact) mass is 296 g/mol. The lowest BCUT2D eigenvalue weighted by Gasteiger charge is -2.12. The lowest BCUT2D eigenvalue weighted by atomic mass is 9.92. The predicted octanol–water partition coefficient (Wildman–Crippen LogP) is 6.07. The van der Waals surface area contributed by atoms with Crippen LogP contribution in [0, 0.1) is 13.8 Å². The molecule has 0 heterocycles. The maximum absolute atomic E-state index is 2.38. The Bertz CT molecular complexity index is 899. The van der Waals surface area contributed by atoms with Crippen molar-refractivity contribution in [1.82, 2.24) is 0 Å². The minimum Gasteiger partial charge on any atom is -0.0622 e. The van der Waals surface area contributed by atoms with E-state index in [1.165, 1.54) is 44.5 Å². The maximum Gasteiger partial charge on any atom is -0.00135 e. The maximum atomic E-state index is 2.38. The van der Waals surface area contributed by atoms with Crippen LogP contribution in [-0.4, -0.2) is 0 Å². The highest BCUT2D eigenvalue weighted by Gasteiger charge is 2.18. The summed E-state index contributed by atoms with van der Waals surface area (Å²) >= 11 is 0. The molecule has 1 aliphatic rings. The standard InChI is InChI=1S/C23H20/c1-16-8-6-12-21(17(16)2)22-13-7-11-19-14-20(15-23(19)22)18-9-4-3-5-10-18/h3-13,15H,14H2,1-2H3. The number of aryl methyl sites for hydroxylation is 1. The molecule has 1 aliphatic carbocycles. The molecule has 3 aromatic rings. The molecule has 0 nitrogen and oxygen atoms in total. The van der Waals surface area contributed by atoms with Crippen LogP contribution in [0.4, 0.5) is 0 Å². The first-order valence-corrected chi connectivity index (χ1v) is 8.18. The molecule has 0 unspecified atom stereocenters. The van der Waals surface area contributed by atoms with Gasteiger partial charge in [-0.2, -0.15) is 0 Å². The molecule has 4 rings (SSSR count). The molecular formula is C23H20. The van der Waals surface area contributed by atoms with E-state index in [1.54, 1.807) is 0 Å². The average molecular weight is 296 g/mol. The number of allylic oxidation sites excluding steroid dienone is 1. The van der Waals surface area contributed by atoms with E-state index in [-0.39, 0.29) is 0 Å². The molecule has 112 valence electrons. The molecule has 0 atom stereocenters. The smallest absolute Gasteiger partial charge is 0.00135 e. The van der Waals surface area contributed by atoms with Crippen molar-refractivity contribution < 1.29 is 0 Å². The third kappa shape index (κ3) is 2.41. The first kappa shape index (κ1) is 14.0. The van der Waals surface area contributed by atoms with E-state index < -0.39 is 0 Å². The molecule has 3 aromatic carbocycles. The minimum atomic E-state index is 1.03.